The van der Waals surface area contributed by atoms with E-state index >= 15 is 0 Å². The van der Waals surface area contributed by atoms with E-state index in [4.69, 9.17) is 5.11 Å². The van der Waals surface area contributed by atoms with Crippen LogP contribution in [0.5, 0.6) is 0 Å². The van der Waals surface area contributed by atoms with Crippen molar-refractivity contribution in [1.29, 1.82) is 0 Å². The molecule has 0 spiro atoms. The number of carbonyl (C=O) groups is 1. The molecule has 0 aliphatic heterocycles. The molecule has 0 radical (unpaired) electrons. The average Bonchev–Trinajstić information content (AvgIpc) is 2.22. The van der Waals surface area contributed by atoms with Gasteiger partial charge in [-0.2, -0.15) is 0 Å². The molecule has 0 saturated heterocycles. The van der Waals surface area contributed by atoms with Crippen molar-refractivity contribution >= 4 is 6.29 Å². The zero-order valence-corrected chi connectivity index (χ0v) is 9.03. The van der Waals surface area contributed by atoms with Crippen molar-refractivity contribution in [2.75, 3.05) is 7.11 Å². The fraction of sp³-hybridized carbons (Fsp3) is 0.417. The molecule has 0 amide bonds. The van der Waals surface area contributed by atoms with Crippen LogP contribution in [-0.4, -0.2) is 18.5 Å². The molecule has 0 aliphatic carbocycles. The molecule has 0 unspecified atom stereocenters. The van der Waals surface area contributed by atoms with Gasteiger partial charge in [0.1, 0.15) is 6.29 Å². The van der Waals surface area contributed by atoms with Crippen molar-refractivity contribution in [3.8, 4) is 0 Å². The summed E-state index contributed by atoms with van der Waals surface area (Å²) in [6.07, 6.45) is 1.56. The van der Waals surface area contributed by atoms with E-state index in [1.165, 1.54) is 5.56 Å². The number of carbonyl (C=O) groups excluding carboxylic acids is 1. The number of aldehydes is 1. The van der Waals surface area contributed by atoms with E-state index in [0.29, 0.717) is 6.42 Å². The molecule has 0 bridgehead atoms. The maximum atomic E-state index is 10.4. The lowest BCUT2D eigenvalue weighted by molar-refractivity contribution is -0.108. The number of aliphatic hydroxyl groups is 1. The van der Waals surface area contributed by atoms with Gasteiger partial charge in [-0.3, -0.25) is 0 Å². The highest BCUT2D eigenvalue weighted by molar-refractivity contribution is 5.53. The Bertz CT molecular complexity index is 252. The average molecular weight is 194 g/mol. The van der Waals surface area contributed by atoms with Crippen molar-refractivity contribution in [2.24, 2.45) is 0 Å². The number of rotatable bonds is 3. The normalized spacial score (nSPS) is 10.0. The van der Waals surface area contributed by atoms with Gasteiger partial charge in [0.05, 0.1) is 0 Å². The van der Waals surface area contributed by atoms with Gasteiger partial charge < -0.3 is 9.90 Å². The first-order chi connectivity index (χ1) is 6.67. The van der Waals surface area contributed by atoms with Crippen LogP contribution >= 0.6 is 0 Å². The van der Waals surface area contributed by atoms with Crippen molar-refractivity contribution < 1.29 is 9.90 Å². The van der Waals surface area contributed by atoms with E-state index in [1.807, 2.05) is 18.2 Å². The summed E-state index contributed by atoms with van der Waals surface area (Å²) in [6.45, 7) is 4.16. The molecular formula is C12H18O2. The van der Waals surface area contributed by atoms with E-state index in [-0.39, 0.29) is 5.41 Å². The second-order valence-corrected chi connectivity index (χ2v) is 3.62. The smallest absolute Gasteiger partial charge is 0.120 e. The second-order valence-electron chi connectivity index (χ2n) is 3.62. The molecule has 1 N–H and O–H groups in total. The summed E-state index contributed by atoms with van der Waals surface area (Å²) in [6, 6.07) is 10.1. The lowest BCUT2D eigenvalue weighted by Gasteiger charge is -2.21. The van der Waals surface area contributed by atoms with E-state index in [9.17, 15) is 4.79 Å². The fourth-order valence-corrected chi connectivity index (χ4v) is 1.22. The predicted octanol–water partition coefficient (Wildman–Crippen LogP) is 2.16. The molecular weight excluding hydrogens is 176 g/mol. The molecule has 1 aromatic carbocycles. The maximum Gasteiger partial charge on any atom is 0.120 e. The summed E-state index contributed by atoms with van der Waals surface area (Å²) < 4.78 is 0. The van der Waals surface area contributed by atoms with Crippen molar-refractivity contribution in [3.63, 3.8) is 0 Å². The molecule has 0 saturated carbocycles. The molecule has 78 valence electrons. The van der Waals surface area contributed by atoms with Crippen molar-refractivity contribution in [1.82, 2.24) is 0 Å². The maximum absolute atomic E-state index is 10.4. The van der Waals surface area contributed by atoms with Crippen molar-refractivity contribution in [2.45, 2.75) is 25.7 Å². The summed E-state index contributed by atoms with van der Waals surface area (Å²) in [4.78, 5) is 10.4. The molecule has 2 nitrogen and oxygen atoms in total. The third-order valence-corrected chi connectivity index (χ3v) is 2.15. The highest BCUT2D eigenvalue weighted by Crippen LogP contribution is 2.25. The van der Waals surface area contributed by atoms with Crippen LogP contribution in [0.25, 0.3) is 0 Å². The van der Waals surface area contributed by atoms with Gasteiger partial charge in [-0.1, -0.05) is 44.2 Å². The molecule has 0 aromatic heterocycles. The van der Waals surface area contributed by atoms with E-state index in [1.54, 1.807) is 0 Å². The van der Waals surface area contributed by atoms with Gasteiger partial charge in [0, 0.05) is 13.5 Å². The Morgan fingerprint density at radius 3 is 2.14 bits per heavy atom. The summed E-state index contributed by atoms with van der Waals surface area (Å²) >= 11 is 0. The SMILES string of the molecule is CC(C)(CC=O)c1ccccc1.CO. The second kappa shape index (κ2) is 6.33. The van der Waals surface area contributed by atoms with Crippen LogP contribution in [0.4, 0.5) is 0 Å². The summed E-state index contributed by atoms with van der Waals surface area (Å²) in [5.74, 6) is 0. The Morgan fingerprint density at radius 2 is 1.71 bits per heavy atom. The van der Waals surface area contributed by atoms with Gasteiger partial charge >= 0.3 is 0 Å². The first kappa shape index (κ1) is 12.8. The van der Waals surface area contributed by atoms with Gasteiger partial charge in [0.2, 0.25) is 0 Å². The lowest BCUT2D eigenvalue weighted by Crippen LogP contribution is -2.17. The highest BCUT2D eigenvalue weighted by atomic mass is 16.2. The number of hydrogen-bond acceptors (Lipinski definition) is 2. The molecule has 1 rings (SSSR count). The van der Waals surface area contributed by atoms with Gasteiger partial charge in [-0.25, -0.2) is 0 Å². The third kappa shape index (κ3) is 3.71. The van der Waals surface area contributed by atoms with Gasteiger partial charge in [0.15, 0.2) is 0 Å². The quantitative estimate of drug-likeness (QED) is 0.749. The van der Waals surface area contributed by atoms with Crippen LogP contribution in [0.15, 0.2) is 30.3 Å². The first-order valence-corrected chi connectivity index (χ1v) is 4.61. The molecule has 0 heterocycles. The molecule has 0 atom stereocenters. The number of aliphatic hydroxyl groups excluding tert-OH is 1. The third-order valence-electron chi connectivity index (χ3n) is 2.15. The first-order valence-electron chi connectivity index (χ1n) is 4.61. The lowest BCUT2D eigenvalue weighted by atomic mass is 9.82. The Balaban J connectivity index is 0.000000791. The summed E-state index contributed by atoms with van der Waals surface area (Å²) in [5, 5.41) is 7.00. The minimum Gasteiger partial charge on any atom is -0.400 e. The Kier molecular flexibility index (Phi) is 5.81. The number of benzene rings is 1. The van der Waals surface area contributed by atoms with Crippen LogP contribution in [0, 0.1) is 0 Å². The molecule has 14 heavy (non-hydrogen) atoms. The standard InChI is InChI=1S/C11H14O.CH4O/c1-11(2,8-9-12)10-6-4-3-5-7-10;1-2/h3-7,9H,8H2,1-2H3;2H,1H3. The molecule has 1 aromatic rings. The zero-order valence-electron chi connectivity index (χ0n) is 9.03. The number of hydrogen-bond donors (Lipinski definition) is 1. The predicted molar refractivity (Wildman–Crippen MR) is 58.3 cm³/mol. The Labute approximate surface area is 85.6 Å². The largest absolute Gasteiger partial charge is 0.400 e. The molecule has 0 fully saturated rings. The fourth-order valence-electron chi connectivity index (χ4n) is 1.22. The monoisotopic (exact) mass is 194 g/mol. The van der Waals surface area contributed by atoms with Crippen molar-refractivity contribution in [3.05, 3.63) is 35.9 Å². The molecule has 2 heteroatoms. The minimum atomic E-state index is -0.0248. The van der Waals surface area contributed by atoms with Gasteiger partial charge in [0.25, 0.3) is 0 Å². The summed E-state index contributed by atoms with van der Waals surface area (Å²) in [5.41, 5.74) is 1.19. The van der Waals surface area contributed by atoms with Crippen LogP contribution in [-0.2, 0) is 10.2 Å². The van der Waals surface area contributed by atoms with Crippen LogP contribution in [0.2, 0.25) is 0 Å². The van der Waals surface area contributed by atoms with Crippen LogP contribution < -0.4 is 0 Å². The Morgan fingerprint density at radius 1 is 1.21 bits per heavy atom. The van der Waals surface area contributed by atoms with Crippen LogP contribution in [0.3, 0.4) is 0 Å². The highest BCUT2D eigenvalue weighted by Gasteiger charge is 2.18. The Hall–Kier alpha value is -1.15. The topological polar surface area (TPSA) is 37.3 Å². The van der Waals surface area contributed by atoms with E-state index in [2.05, 4.69) is 26.0 Å². The van der Waals surface area contributed by atoms with E-state index in [0.717, 1.165) is 13.4 Å². The summed E-state index contributed by atoms with van der Waals surface area (Å²) in [7, 11) is 1.00. The van der Waals surface area contributed by atoms with Crippen LogP contribution in [0.1, 0.15) is 25.8 Å². The zero-order chi connectivity index (χ0) is 11.0. The van der Waals surface area contributed by atoms with Gasteiger partial charge in [-0.15, -0.1) is 0 Å². The minimum absolute atomic E-state index is 0.0248. The van der Waals surface area contributed by atoms with E-state index < -0.39 is 0 Å². The van der Waals surface area contributed by atoms with Gasteiger partial charge in [-0.05, 0) is 11.0 Å². The molecule has 0 aliphatic rings.